The van der Waals surface area contributed by atoms with Crippen LogP contribution in [0.25, 0.3) is 0 Å². The van der Waals surface area contributed by atoms with Crippen molar-refractivity contribution in [2.75, 3.05) is 19.4 Å². The maximum Gasteiger partial charge on any atom is 0.203 e. The molecule has 18 heavy (non-hydrogen) atoms. The molecule has 1 fully saturated rings. The van der Waals surface area contributed by atoms with Gasteiger partial charge in [-0.3, -0.25) is 0 Å². The van der Waals surface area contributed by atoms with Crippen LogP contribution in [0.2, 0.25) is 0 Å². The van der Waals surface area contributed by atoms with E-state index in [1.165, 1.54) is 25.7 Å². The van der Waals surface area contributed by atoms with Gasteiger partial charge >= 0.3 is 0 Å². The fourth-order valence-electron chi connectivity index (χ4n) is 2.50. The number of aromatic nitrogens is 2. The molecule has 1 atom stereocenters. The summed E-state index contributed by atoms with van der Waals surface area (Å²) in [5.74, 6) is 1.05. The van der Waals surface area contributed by atoms with Crippen molar-refractivity contribution >= 4 is 5.95 Å². The highest BCUT2D eigenvalue weighted by Crippen LogP contribution is 2.22. The van der Waals surface area contributed by atoms with Gasteiger partial charge in [0.2, 0.25) is 5.95 Å². The second-order valence-corrected chi connectivity index (χ2v) is 5.80. The van der Waals surface area contributed by atoms with E-state index in [1.807, 2.05) is 0 Å². The van der Waals surface area contributed by atoms with Gasteiger partial charge in [0.15, 0.2) is 0 Å². The SMILES string of the molecule is Cc1cn(CC(C)N(C)C)c(NC2CCCC2)n1. The molecule has 102 valence electrons. The highest BCUT2D eigenvalue weighted by Gasteiger charge is 2.18. The van der Waals surface area contributed by atoms with Crippen molar-refractivity contribution in [3.63, 3.8) is 0 Å². The van der Waals surface area contributed by atoms with Crippen LogP contribution in [0.5, 0.6) is 0 Å². The second-order valence-electron chi connectivity index (χ2n) is 5.80. The van der Waals surface area contributed by atoms with Crippen LogP contribution in [0.4, 0.5) is 5.95 Å². The van der Waals surface area contributed by atoms with Gasteiger partial charge in [-0.05, 0) is 40.8 Å². The molecule has 0 radical (unpaired) electrons. The van der Waals surface area contributed by atoms with Gasteiger partial charge in [-0.1, -0.05) is 12.8 Å². The number of nitrogens with one attached hydrogen (secondary N) is 1. The molecular formula is C14H26N4. The molecule has 1 N–H and O–H groups in total. The first-order chi connectivity index (χ1) is 8.56. The molecule has 1 aliphatic rings. The number of likely N-dealkylation sites (N-methyl/N-ethyl adjacent to an activating group) is 1. The molecular weight excluding hydrogens is 224 g/mol. The minimum atomic E-state index is 0.516. The van der Waals surface area contributed by atoms with Gasteiger partial charge < -0.3 is 14.8 Å². The lowest BCUT2D eigenvalue weighted by atomic mass is 10.2. The van der Waals surface area contributed by atoms with E-state index in [0.717, 1.165) is 18.2 Å². The van der Waals surface area contributed by atoms with E-state index in [9.17, 15) is 0 Å². The first-order valence-electron chi connectivity index (χ1n) is 7.03. The predicted molar refractivity (Wildman–Crippen MR) is 76.0 cm³/mol. The van der Waals surface area contributed by atoms with Crippen LogP contribution >= 0.6 is 0 Å². The van der Waals surface area contributed by atoms with Crippen LogP contribution in [0, 0.1) is 6.92 Å². The summed E-state index contributed by atoms with van der Waals surface area (Å²) in [7, 11) is 4.25. The molecule has 0 saturated heterocycles. The molecule has 2 rings (SSSR count). The molecule has 1 unspecified atom stereocenters. The Balaban J connectivity index is 2.04. The zero-order valence-corrected chi connectivity index (χ0v) is 12.1. The third-order valence-corrected chi connectivity index (χ3v) is 3.93. The number of anilines is 1. The molecule has 1 aliphatic carbocycles. The first-order valence-corrected chi connectivity index (χ1v) is 7.03. The largest absolute Gasteiger partial charge is 0.353 e. The van der Waals surface area contributed by atoms with Crippen molar-refractivity contribution in [3.05, 3.63) is 11.9 Å². The highest BCUT2D eigenvalue weighted by molar-refractivity contribution is 5.30. The average Bonchev–Trinajstić information content (AvgIpc) is 2.90. The van der Waals surface area contributed by atoms with E-state index in [0.29, 0.717) is 12.1 Å². The quantitative estimate of drug-likeness (QED) is 0.871. The smallest absolute Gasteiger partial charge is 0.203 e. The number of rotatable bonds is 5. The van der Waals surface area contributed by atoms with Crippen molar-refractivity contribution in [3.8, 4) is 0 Å². The van der Waals surface area contributed by atoms with Crippen LogP contribution in [-0.4, -0.2) is 40.6 Å². The van der Waals surface area contributed by atoms with E-state index in [4.69, 9.17) is 0 Å². The lowest BCUT2D eigenvalue weighted by Crippen LogP contribution is -2.30. The molecule has 1 saturated carbocycles. The Bertz CT molecular complexity index is 356. The summed E-state index contributed by atoms with van der Waals surface area (Å²) in [6.07, 6.45) is 7.43. The lowest BCUT2D eigenvalue weighted by Gasteiger charge is -2.22. The van der Waals surface area contributed by atoms with Crippen molar-refractivity contribution in [1.29, 1.82) is 0 Å². The Labute approximate surface area is 110 Å². The van der Waals surface area contributed by atoms with E-state index < -0.39 is 0 Å². The summed E-state index contributed by atoms with van der Waals surface area (Å²) in [5, 5.41) is 3.61. The van der Waals surface area contributed by atoms with Gasteiger partial charge in [-0.25, -0.2) is 4.98 Å². The van der Waals surface area contributed by atoms with Crippen LogP contribution in [0.3, 0.4) is 0 Å². The molecule has 0 aliphatic heterocycles. The minimum absolute atomic E-state index is 0.516. The first kappa shape index (κ1) is 13.4. The number of imidazole rings is 1. The Kier molecular flexibility index (Phi) is 4.27. The van der Waals surface area contributed by atoms with E-state index in [1.54, 1.807) is 0 Å². The van der Waals surface area contributed by atoms with Crippen LogP contribution < -0.4 is 5.32 Å². The van der Waals surface area contributed by atoms with Crippen molar-refractivity contribution in [2.24, 2.45) is 0 Å². The monoisotopic (exact) mass is 250 g/mol. The van der Waals surface area contributed by atoms with E-state index in [-0.39, 0.29) is 0 Å². The van der Waals surface area contributed by atoms with E-state index in [2.05, 4.69) is 53.9 Å². The van der Waals surface area contributed by atoms with Gasteiger partial charge in [0.05, 0.1) is 5.69 Å². The Hall–Kier alpha value is -1.03. The topological polar surface area (TPSA) is 33.1 Å². The summed E-state index contributed by atoms with van der Waals surface area (Å²) < 4.78 is 2.26. The van der Waals surface area contributed by atoms with Crippen molar-refractivity contribution in [2.45, 2.75) is 58.2 Å². The van der Waals surface area contributed by atoms with Crippen molar-refractivity contribution in [1.82, 2.24) is 14.5 Å². The van der Waals surface area contributed by atoms with Crippen LogP contribution in [-0.2, 0) is 6.54 Å². The normalized spacial score (nSPS) is 18.5. The zero-order valence-electron chi connectivity index (χ0n) is 12.1. The third-order valence-electron chi connectivity index (χ3n) is 3.93. The fraction of sp³-hybridized carbons (Fsp3) is 0.786. The third kappa shape index (κ3) is 3.25. The van der Waals surface area contributed by atoms with Gasteiger partial charge in [0.1, 0.15) is 0 Å². The zero-order chi connectivity index (χ0) is 13.1. The maximum atomic E-state index is 4.62. The Morgan fingerprint density at radius 2 is 2.11 bits per heavy atom. The second kappa shape index (κ2) is 5.74. The van der Waals surface area contributed by atoms with Gasteiger partial charge in [-0.15, -0.1) is 0 Å². The van der Waals surface area contributed by atoms with Crippen molar-refractivity contribution < 1.29 is 0 Å². The van der Waals surface area contributed by atoms with Crippen LogP contribution in [0.15, 0.2) is 6.20 Å². The predicted octanol–water partition coefficient (Wildman–Crippen LogP) is 2.50. The van der Waals surface area contributed by atoms with E-state index >= 15 is 0 Å². The molecule has 1 aromatic rings. The summed E-state index contributed by atoms with van der Waals surface area (Å²) in [6.45, 7) is 5.30. The fourth-order valence-corrected chi connectivity index (χ4v) is 2.50. The molecule has 1 aromatic heterocycles. The minimum Gasteiger partial charge on any atom is -0.353 e. The number of hydrogen-bond acceptors (Lipinski definition) is 3. The molecule has 0 aromatic carbocycles. The lowest BCUT2D eigenvalue weighted by molar-refractivity contribution is 0.284. The molecule has 4 nitrogen and oxygen atoms in total. The maximum absolute atomic E-state index is 4.62. The van der Waals surface area contributed by atoms with Gasteiger partial charge in [0.25, 0.3) is 0 Å². The van der Waals surface area contributed by atoms with Crippen LogP contribution in [0.1, 0.15) is 38.3 Å². The standard InChI is InChI=1S/C14H26N4/c1-11-9-18(10-12(2)17(3)4)14(15-11)16-13-7-5-6-8-13/h9,12-13H,5-8,10H2,1-4H3,(H,15,16). The number of nitrogens with zero attached hydrogens (tertiary/aromatic N) is 3. The molecule has 0 amide bonds. The molecule has 4 heteroatoms. The highest BCUT2D eigenvalue weighted by atomic mass is 15.2. The Morgan fingerprint density at radius 1 is 1.44 bits per heavy atom. The summed E-state index contributed by atoms with van der Waals surface area (Å²) in [6, 6.07) is 1.14. The Morgan fingerprint density at radius 3 is 2.72 bits per heavy atom. The number of hydrogen-bond donors (Lipinski definition) is 1. The molecule has 0 bridgehead atoms. The number of aryl methyl sites for hydroxylation is 1. The van der Waals surface area contributed by atoms with Gasteiger partial charge in [0, 0.05) is 24.8 Å². The average molecular weight is 250 g/mol. The summed E-state index contributed by atoms with van der Waals surface area (Å²) >= 11 is 0. The summed E-state index contributed by atoms with van der Waals surface area (Å²) in [5.41, 5.74) is 1.10. The van der Waals surface area contributed by atoms with Gasteiger partial charge in [-0.2, -0.15) is 0 Å². The molecule has 0 spiro atoms. The summed E-state index contributed by atoms with van der Waals surface area (Å²) in [4.78, 5) is 6.86. The molecule has 1 heterocycles.